The van der Waals surface area contributed by atoms with Gasteiger partial charge in [0.1, 0.15) is 0 Å². The van der Waals surface area contributed by atoms with E-state index in [1.165, 1.54) is 96.3 Å². The average molecular weight is 511 g/mol. The molecule has 0 radical (unpaired) electrons. The second-order valence-electron chi connectivity index (χ2n) is 11.2. The molecule has 0 atom stereocenters. The van der Waals surface area contributed by atoms with Crippen LogP contribution in [0.5, 0.6) is 0 Å². The molecule has 0 unspecified atom stereocenters. The summed E-state index contributed by atoms with van der Waals surface area (Å²) in [6.45, 7) is 4.79. The minimum atomic E-state index is -2.35. The summed E-state index contributed by atoms with van der Waals surface area (Å²) in [6, 6.07) is 0. The van der Waals surface area contributed by atoms with Crippen molar-refractivity contribution in [3.05, 3.63) is 44.8 Å². The first-order chi connectivity index (χ1) is 14.5. The van der Waals surface area contributed by atoms with Crippen LogP contribution < -0.4 is 0 Å². The van der Waals surface area contributed by atoms with Gasteiger partial charge in [-0.15, -0.1) is 0 Å². The van der Waals surface area contributed by atoms with Crippen molar-refractivity contribution in [2.24, 2.45) is 0 Å². The molecule has 0 aromatic carbocycles. The molecule has 0 spiro atoms. The van der Waals surface area contributed by atoms with Gasteiger partial charge in [-0.3, -0.25) is 0 Å². The van der Waals surface area contributed by atoms with Crippen molar-refractivity contribution in [2.45, 2.75) is 123 Å². The topological polar surface area (TPSA) is 0 Å². The Morgan fingerprint density at radius 3 is 1.77 bits per heavy atom. The molecule has 0 aliphatic heterocycles. The summed E-state index contributed by atoms with van der Waals surface area (Å²) in [6.07, 6.45) is 25.9. The van der Waals surface area contributed by atoms with Crippen LogP contribution in [0.25, 0.3) is 0 Å². The predicted molar refractivity (Wildman–Crippen MR) is 138 cm³/mol. The van der Waals surface area contributed by atoms with E-state index in [-0.39, 0.29) is 0 Å². The van der Waals surface area contributed by atoms with Crippen molar-refractivity contribution < 1.29 is 0 Å². The Bertz CT molecular complexity index is 671. The molecule has 0 heterocycles. The molecule has 0 saturated heterocycles. The van der Waals surface area contributed by atoms with Crippen LogP contribution in [0.4, 0.5) is 0 Å². The van der Waals surface area contributed by atoms with Crippen molar-refractivity contribution in [1.29, 1.82) is 0 Å². The Labute approximate surface area is 192 Å². The van der Waals surface area contributed by atoms with Gasteiger partial charge in [0.15, 0.2) is 0 Å². The van der Waals surface area contributed by atoms with E-state index >= 15 is 0 Å². The van der Waals surface area contributed by atoms with Gasteiger partial charge in [-0.25, -0.2) is 0 Å². The number of hydrogen-bond donors (Lipinski definition) is 0. The zero-order valence-corrected chi connectivity index (χ0v) is 23.1. The Morgan fingerprint density at radius 1 is 0.800 bits per heavy atom. The Balaban J connectivity index is 2.09. The molecule has 0 nitrogen and oxygen atoms in total. The molecule has 0 aromatic rings. The Morgan fingerprint density at radius 2 is 1.30 bits per heavy atom. The van der Waals surface area contributed by atoms with E-state index < -0.39 is 18.4 Å². The molecule has 0 amide bonds. The van der Waals surface area contributed by atoms with Crippen LogP contribution in [0, 0.1) is 0 Å². The van der Waals surface area contributed by atoms with E-state index in [0.717, 1.165) is 18.3 Å². The summed E-state index contributed by atoms with van der Waals surface area (Å²) < 4.78 is 1.71. The molecule has 164 valence electrons. The maximum absolute atomic E-state index is 4.06. The molecule has 3 aliphatic carbocycles. The number of hydrogen-bond acceptors (Lipinski definition) is 0. The summed E-state index contributed by atoms with van der Waals surface area (Å²) in [7, 11) is 0. The normalized spacial score (nSPS) is 22.6. The van der Waals surface area contributed by atoms with Crippen molar-refractivity contribution in [3.63, 3.8) is 0 Å². The van der Waals surface area contributed by atoms with E-state index in [1.807, 2.05) is 0 Å². The van der Waals surface area contributed by atoms with Crippen molar-refractivity contribution in [2.75, 3.05) is 0 Å². The molecule has 0 bridgehead atoms. The Hall–Kier alpha value is -0.356. The van der Waals surface area contributed by atoms with Crippen molar-refractivity contribution >= 4 is 25.1 Å². The van der Waals surface area contributed by atoms with Crippen LogP contribution in [0.1, 0.15) is 96.3 Å². The fourth-order valence-corrected chi connectivity index (χ4v) is 11.0. The fraction of sp³-hybridized carbons (Fsp3) is 0.714. The van der Waals surface area contributed by atoms with Gasteiger partial charge in [-0.05, 0) is 0 Å². The summed E-state index contributed by atoms with van der Waals surface area (Å²) in [5, 5.41) is 0. The van der Waals surface area contributed by atoms with Gasteiger partial charge in [0.05, 0.1) is 0 Å². The van der Waals surface area contributed by atoms with Gasteiger partial charge in [-0.2, -0.15) is 0 Å². The fourth-order valence-electron chi connectivity index (χ4n) is 6.37. The first-order valence-corrected chi connectivity index (χ1v) is 23.0. The molecule has 30 heavy (non-hydrogen) atoms. The molecule has 0 aromatic heterocycles. The van der Waals surface area contributed by atoms with Crippen LogP contribution >= 0.6 is 0 Å². The van der Waals surface area contributed by atoms with Crippen LogP contribution in [-0.4, -0.2) is 25.1 Å². The van der Waals surface area contributed by atoms with Gasteiger partial charge < -0.3 is 0 Å². The third-order valence-electron chi connectivity index (χ3n) is 7.93. The molecule has 3 rings (SSSR count). The van der Waals surface area contributed by atoms with Gasteiger partial charge in [0.2, 0.25) is 0 Å². The third kappa shape index (κ3) is 6.82. The number of allylic oxidation sites excluding steroid dienone is 4. The van der Waals surface area contributed by atoms with Crippen molar-refractivity contribution in [1.82, 2.24) is 0 Å². The van der Waals surface area contributed by atoms with Gasteiger partial charge in [0, 0.05) is 0 Å². The second-order valence-corrected chi connectivity index (χ2v) is 25.6. The molecule has 3 fully saturated rings. The van der Waals surface area contributed by atoms with Crippen LogP contribution in [0.3, 0.4) is 0 Å². The van der Waals surface area contributed by atoms with Crippen LogP contribution in [0.15, 0.2) is 44.8 Å². The van der Waals surface area contributed by atoms with E-state index in [2.05, 4.69) is 45.0 Å². The zero-order valence-electron chi connectivity index (χ0n) is 20.2. The first-order valence-electron chi connectivity index (χ1n) is 13.1. The minimum absolute atomic E-state index is 0.736. The third-order valence-corrected chi connectivity index (χ3v) is 13.8. The first kappa shape index (κ1) is 24.3. The summed E-state index contributed by atoms with van der Waals surface area (Å²) in [5.41, 5.74) is 10.3. The predicted octanol–water partition coefficient (Wildman–Crippen LogP) is 9.25. The SMILES string of the molecule is C=C=C/C(B(C1CCCCC1)C1CCCCC1)=[C](/C=C=C1CCCCC1)[Sn]([CH3])([CH3])[CH3]. The maximum atomic E-state index is 4.06. The molecule has 0 N–H and O–H groups in total. The van der Waals surface area contributed by atoms with Gasteiger partial charge in [-0.1, -0.05) is 0 Å². The molecule has 2 heteroatoms. The number of rotatable bonds is 6. The summed E-state index contributed by atoms with van der Waals surface area (Å²) in [4.78, 5) is 7.80. The average Bonchev–Trinajstić information content (AvgIpc) is 2.75. The monoisotopic (exact) mass is 512 g/mol. The van der Waals surface area contributed by atoms with Gasteiger partial charge >= 0.3 is 193 Å². The molecular weight excluding hydrogens is 466 g/mol. The van der Waals surface area contributed by atoms with E-state index in [9.17, 15) is 0 Å². The van der Waals surface area contributed by atoms with E-state index in [4.69, 9.17) is 0 Å². The standard InChI is InChI=1S/C25H36B.3CH3.Sn/c1-2-13-23(21-12-16-22-14-6-3-7-15-22)26(24-17-8-4-9-18-24)25-19-10-5-11-20-25;;;;/h12-13,24-25H,1,3-11,14-15,17-20H2;3*1H3;. The molecular formula is C28H45BSn. The van der Waals surface area contributed by atoms with Crippen LogP contribution in [-0.2, 0) is 0 Å². The van der Waals surface area contributed by atoms with E-state index in [0.29, 0.717) is 0 Å². The second kappa shape index (κ2) is 12.0. The Kier molecular flexibility index (Phi) is 9.75. The van der Waals surface area contributed by atoms with E-state index in [1.54, 1.807) is 14.6 Å². The van der Waals surface area contributed by atoms with Gasteiger partial charge in [0.25, 0.3) is 0 Å². The van der Waals surface area contributed by atoms with Crippen molar-refractivity contribution in [3.8, 4) is 0 Å². The quantitative estimate of drug-likeness (QED) is 0.190. The van der Waals surface area contributed by atoms with Crippen LogP contribution in [0.2, 0.25) is 26.5 Å². The molecule has 3 aliphatic rings. The zero-order chi connectivity index (χ0) is 21.4. The summed E-state index contributed by atoms with van der Waals surface area (Å²) in [5.74, 6) is 1.75. The summed E-state index contributed by atoms with van der Waals surface area (Å²) >= 11 is -2.35. The molecule has 3 saturated carbocycles.